The molecule has 3 rings (SSSR count). The number of rotatable bonds is 3. The highest BCUT2D eigenvalue weighted by Crippen LogP contribution is 2.36. The van der Waals surface area contributed by atoms with Gasteiger partial charge >= 0.3 is 7.12 Å². The third-order valence-electron chi connectivity index (χ3n) is 5.43. The highest BCUT2D eigenvalue weighted by atomic mass is 16.7. The Morgan fingerprint density at radius 3 is 2.21 bits per heavy atom. The summed E-state index contributed by atoms with van der Waals surface area (Å²) in [6, 6.07) is 2.08. The third-order valence-corrected chi connectivity index (χ3v) is 5.43. The molecular weight excluding hydrogens is 305 g/mol. The van der Waals surface area contributed by atoms with Gasteiger partial charge in [-0.25, -0.2) is 4.98 Å². The maximum atomic E-state index is 10.8. The molecule has 1 amide bonds. The van der Waals surface area contributed by atoms with Gasteiger partial charge in [-0.05, 0) is 46.2 Å². The van der Waals surface area contributed by atoms with E-state index in [2.05, 4.69) is 50.6 Å². The number of amides is 1. The maximum Gasteiger partial charge on any atom is 0.496 e. The number of carbonyl (C=O) groups excluding carboxylic acids is 1. The maximum absolute atomic E-state index is 10.8. The zero-order chi connectivity index (χ0) is 17.5. The zero-order valence-electron chi connectivity index (χ0n) is 15.2. The quantitative estimate of drug-likeness (QED) is 0.610. The van der Waals surface area contributed by atoms with Crippen LogP contribution in [0.25, 0.3) is 0 Å². The molecule has 0 aromatic carbocycles. The van der Waals surface area contributed by atoms with Crippen LogP contribution in [0, 0.1) is 6.92 Å². The lowest BCUT2D eigenvalue weighted by atomic mass is 9.77. The SMILES string of the molecule is Cc1cc(N2CCN(C=O)CC2)ncc1B1OC(C)(C)C(C)(C)O1. The molecule has 0 saturated carbocycles. The fourth-order valence-corrected chi connectivity index (χ4v) is 3.00. The van der Waals surface area contributed by atoms with Crippen molar-refractivity contribution in [3.63, 3.8) is 0 Å². The van der Waals surface area contributed by atoms with Crippen LogP contribution in [0.1, 0.15) is 33.3 Å². The predicted octanol–water partition coefficient (Wildman–Crippen LogP) is 0.968. The van der Waals surface area contributed by atoms with Crippen LogP contribution in [0.15, 0.2) is 12.3 Å². The molecule has 0 bridgehead atoms. The summed E-state index contributed by atoms with van der Waals surface area (Å²) in [7, 11) is -0.386. The van der Waals surface area contributed by atoms with E-state index >= 15 is 0 Å². The van der Waals surface area contributed by atoms with Crippen LogP contribution in [-0.2, 0) is 14.1 Å². The van der Waals surface area contributed by atoms with Gasteiger partial charge in [0.2, 0.25) is 6.41 Å². The molecule has 0 atom stereocenters. The second-order valence-corrected chi connectivity index (χ2v) is 7.62. The molecule has 0 aliphatic carbocycles. The van der Waals surface area contributed by atoms with Crippen molar-refractivity contribution in [2.24, 2.45) is 0 Å². The van der Waals surface area contributed by atoms with E-state index in [0.29, 0.717) is 0 Å². The van der Waals surface area contributed by atoms with Crippen molar-refractivity contribution in [2.75, 3.05) is 31.1 Å². The largest absolute Gasteiger partial charge is 0.496 e. The number of aromatic nitrogens is 1. The van der Waals surface area contributed by atoms with Crippen molar-refractivity contribution < 1.29 is 14.1 Å². The molecular formula is C17H26BN3O3. The van der Waals surface area contributed by atoms with E-state index < -0.39 is 0 Å². The fourth-order valence-electron chi connectivity index (χ4n) is 3.00. The fraction of sp³-hybridized carbons (Fsp3) is 0.647. The third kappa shape index (κ3) is 3.02. The van der Waals surface area contributed by atoms with E-state index in [-0.39, 0.29) is 18.3 Å². The first-order valence-corrected chi connectivity index (χ1v) is 8.50. The first-order valence-electron chi connectivity index (χ1n) is 8.50. The average Bonchev–Trinajstić information content (AvgIpc) is 2.75. The molecule has 2 fully saturated rings. The monoisotopic (exact) mass is 331 g/mol. The Morgan fingerprint density at radius 2 is 1.71 bits per heavy atom. The Morgan fingerprint density at radius 1 is 1.12 bits per heavy atom. The van der Waals surface area contributed by atoms with Crippen molar-refractivity contribution in [1.29, 1.82) is 0 Å². The molecule has 130 valence electrons. The lowest BCUT2D eigenvalue weighted by Gasteiger charge is -2.33. The number of nitrogens with zero attached hydrogens (tertiary/aromatic N) is 3. The van der Waals surface area contributed by atoms with E-state index in [1.807, 2.05) is 6.20 Å². The van der Waals surface area contributed by atoms with Crippen LogP contribution >= 0.6 is 0 Å². The molecule has 3 heterocycles. The summed E-state index contributed by atoms with van der Waals surface area (Å²) in [4.78, 5) is 19.4. The smallest absolute Gasteiger partial charge is 0.399 e. The lowest BCUT2D eigenvalue weighted by Crippen LogP contribution is -2.46. The van der Waals surface area contributed by atoms with Gasteiger partial charge in [0.15, 0.2) is 0 Å². The van der Waals surface area contributed by atoms with Gasteiger partial charge in [0, 0.05) is 37.8 Å². The molecule has 24 heavy (non-hydrogen) atoms. The zero-order valence-corrected chi connectivity index (χ0v) is 15.2. The number of hydrogen-bond acceptors (Lipinski definition) is 5. The normalized spacial score (nSPS) is 22.8. The summed E-state index contributed by atoms with van der Waals surface area (Å²) in [6.45, 7) is 13.4. The minimum absolute atomic E-state index is 0.353. The molecule has 7 heteroatoms. The molecule has 0 spiro atoms. The molecule has 2 aliphatic rings. The predicted molar refractivity (Wildman–Crippen MR) is 94.5 cm³/mol. The molecule has 2 saturated heterocycles. The van der Waals surface area contributed by atoms with E-state index in [1.165, 1.54) is 0 Å². The number of carbonyl (C=O) groups is 1. The van der Waals surface area contributed by atoms with Crippen molar-refractivity contribution in [2.45, 2.75) is 45.8 Å². The molecule has 0 unspecified atom stereocenters. The number of piperazine rings is 1. The van der Waals surface area contributed by atoms with Crippen LogP contribution in [0.2, 0.25) is 0 Å². The van der Waals surface area contributed by atoms with Gasteiger partial charge in [-0.3, -0.25) is 4.79 Å². The van der Waals surface area contributed by atoms with Crippen LogP contribution in [-0.4, -0.2) is 60.8 Å². The van der Waals surface area contributed by atoms with Crippen LogP contribution < -0.4 is 10.4 Å². The second-order valence-electron chi connectivity index (χ2n) is 7.62. The summed E-state index contributed by atoms with van der Waals surface area (Å²) in [5.74, 6) is 0.943. The topological polar surface area (TPSA) is 54.9 Å². The van der Waals surface area contributed by atoms with Crippen LogP contribution in [0.4, 0.5) is 5.82 Å². The van der Waals surface area contributed by atoms with Crippen molar-refractivity contribution in [3.05, 3.63) is 17.8 Å². The van der Waals surface area contributed by atoms with E-state index in [4.69, 9.17) is 9.31 Å². The van der Waals surface area contributed by atoms with Crippen LogP contribution in [0.3, 0.4) is 0 Å². The molecule has 2 aliphatic heterocycles. The molecule has 0 radical (unpaired) electrons. The van der Waals surface area contributed by atoms with E-state index in [9.17, 15) is 4.79 Å². The Labute approximate surface area is 144 Å². The summed E-state index contributed by atoms with van der Waals surface area (Å²) < 4.78 is 12.2. The van der Waals surface area contributed by atoms with E-state index in [0.717, 1.165) is 49.4 Å². The molecule has 0 N–H and O–H groups in total. The summed E-state index contributed by atoms with van der Waals surface area (Å²) >= 11 is 0. The number of anilines is 1. The summed E-state index contributed by atoms with van der Waals surface area (Å²) in [5, 5.41) is 0. The minimum Gasteiger partial charge on any atom is -0.399 e. The Balaban J connectivity index is 1.76. The molecule has 1 aromatic heterocycles. The van der Waals surface area contributed by atoms with Crippen LogP contribution in [0.5, 0.6) is 0 Å². The highest BCUT2D eigenvalue weighted by Gasteiger charge is 2.52. The Kier molecular flexibility index (Phi) is 4.34. The number of pyridine rings is 1. The van der Waals surface area contributed by atoms with Gasteiger partial charge < -0.3 is 19.1 Å². The standard InChI is InChI=1S/C17H26BN3O3/c1-13-10-15(21-8-6-20(12-22)7-9-21)19-11-14(13)18-23-16(2,3)17(4,5)24-18/h10-12H,6-9H2,1-5H3. The minimum atomic E-state index is -0.386. The average molecular weight is 331 g/mol. The Bertz CT molecular complexity index is 612. The first-order chi connectivity index (χ1) is 11.2. The van der Waals surface area contributed by atoms with Gasteiger partial charge in [-0.1, -0.05) is 0 Å². The second kappa shape index (κ2) is 6.04. The van der Waals surface area contributed by atoms with Crippen molar-refractivity contribution >= 4 is 24.8 Å². The van der Waals surface area contributed by atoms with Gasteiger partial charge in [0.1, 0.15) is 5.82 Å². The highest BCUT2D eigenvalue weighted by molar-refractivity contribution is 6.62. The van der Waals surface area contributed by atoms with Gasteiger partial charge in [0.25, 0.3) is 0 Å². The lowest BCUT2D eigenvalue weighted by molar-refractivity contribution is -0.118. The summed E-state index contributed by atoms with van der Waals surface area (Å²) in [6.07, 6.45) is 2.77. The first kappa shape index (κ1) is 17.2. The van der Waals surface area contributed by atoms with Crippen molar-refractivity contribution in [3.8, 4) is 0 Å². The molecule has 6 nitrogen and oxygen atoms in total. The van der Waals surface area contributed by atoms with Gasteiger partial charge in [-0.15, -0.1) is 0 Å². The number of aryl methyl sites for hydroxylation is 1. The summed E-state index contributed by atoms with van der Waals surface area (Å²) in [5.41, 5.74) is 1.38. The van der Waals surface area contributed by atoms with E-state index in [1.54, 1.807) is 4.90 Å². The molecule has 1 aromatic rings. The Hall–Kier alpha value is -1.60. The van der Waals surface area contributed by atoms with Gasteiger partial charge in [0.05, 0.1) is 11.2 Å². The number of hydrogen-bond donors (Lipinski definition) is 0. The van der Waals surface area contributed by atoms with Gasteiger partial charge in [-0.2, -0.15) is 0 Å². The van der Waals surface area contributed by atoms with Crippen molar-refractivity contribution in [1.82, 2.24) is 9.88 Å².